The van der Waals surface area contributed by atoms with E-state index in [0.29, 0.717) is 0 Å². The van der Waals surface area contributed by atoms with Crippen LogP contribution in [0.1, 0.15) is 105 Å². The van der Waals surface area contributed by atoms with E-state index in [4.69, 9.17) is 4.42 Å². The number of hydrogen-bond donors (Lipinski definition) is 0. The molecule has 13 aromatic rings. The predicted molar refractivity (Wildman–Crippen MR) is 328 cm³/mol. The molecule has 16 rings (SSSR count). The maximum absolute atomic E-state index is 6.78. The van der Waals surface area contributed by atoms with E-state index in [2.05, 4.69) is 243 Å². The minimum Gasteiger partial charge on any atom is -0.456 e. The van der Waals surface area contributed by atoms with Crippen molar-refractivity contribution in [3.05, 3.63) is 168 Å². The maximum Gasteiger partial charge on any atom is 0.264 e. The van der Waals surface area contributed by atoms with Crippen molar-refractivity contribution in [3.63, 3.8) is 0 Å². The Hall–Kier alpha value is -7.54. The molecule has 76 heavy (non-hydrogen) atoms. The first-order valence-electron chi connectivity index (χ1n) is 27.4. The number of hydrogen-bond acceptors (Lipinski definition) is 3. The summed E-state index contributed by atoms with van der Waals surface area (Å²) in [7, 11) is 0. The van der Waals surface area contributed by atoms with Crippen LogP contribution in [0, 0.1) is 0 Å². The molecule has 0 amide bonds. The molecule has 6 heterocycles. The second kappa shape index (κ2) is 14.3. The molecule has 0 bridgehead atoms. The minimum atomic E-state index is -0.0799. The molecule has 0 N–H and O–H groups in total. The van der Waals surface area contributed by atoms with Crippen LogP contribution in [-0.4, -0.2) is 15.8 Å². The van der Waals surface area contributed by atoms with Crippen molar-refractivity contribution in [1.82, 2.24) is 9.13 Å². The number of rotatable bonds is 2. The highest BCUT2D eigenvalue weighted by Gasteiger charge is 2.46. The lowest BCUT2D eigenvalue weighted by Crippen LogP contribution is -2.59. The van der Waals surface area contributed by atoms with Crippen LogP contribution in [0.2, 0.25) is 0 Å². The van der Waals surface area contributed by atoms with E-state index in [1.165, 1.54) is 147 Å². The van der Waals surface area contributed by atoms with Gasteiger partial charge in [-0.05, 0) is 156 Å². The molecular weight excluding hydrogens is 942 g/mol. The second-order valence-electron chi connectivity index (χ2n) is 26.6. The van der Waals surface area contributed by atoms with E-state index in [1.807, 2.05) is 11.3 Å². The zero-order chi connectivity index (χ0) is 52.0. The first-order chi connectivity index (χ1) is 36.2. The summed E-state index contributed by atoms with van der Waals surface area (Å²) in [5.74, 6) is 0. The monoisotopic (exact) mass is 1000 g/mol. The van der Waals surface area contributed by atoms with Crippen molar-refractivity contribution in [2.24, 2.45) is 0 Å². The van der Waals surface area contributed by atoms with Gasteiger partial charge in [0, 0.05) is 69.8 Å². The van der Waals surface area contributed by atoms with Crippen LogP contribution in [-0.2, 0) is 21.7 Å². The summed E-state index contributed by atoms with van der Waals surface area (Å²) >= 11 is 2.00. The normalized spacial score (nSPS) is 14.3. The average molecular weight is 1000 g/mol. The Kier molecular flexibility index (Phi) is 8.41. The maximum atomic E-state index is 6.78. The first kappa shape index (κ1) is 44.7. The average Bonchev–Trinajstić information content (AvgIpc) is 4.10. The number of benzene rings is 9. The van der Waals surface area contributed by atoms with Crippen molar-refractivity contribution in [2.45, 2.75) is 105 Å². The van der Waals surface area contributed by atoms with Gasteiger partial charge in [0.25, 0.3) is 6.71 Å². The largest absolute Gasteiger partial charge is 0.456 e. The smallest absolute Gasteiger partial charge is 0.264 e. The SMILES string of the molecule is CC(C)(C)c1ccc(N2c3cc(-n4c5ccc6cccc7c6c5c5c6c(ccc54)oc4cccc-7c46)cc4c3B(c3sc5ccc(C(C)(C)C)cc5c32)c2cc(C(C)(C)C)cc3c5cc(C(C)(C)C)ccc5n-4c23)cc1. The molecule has 3 aliphatic rings. The number of furan rings is 1. The molecule has 0 unspecified atom stereocenters. The van der Waals surface area contributed by atoms with Gasteiger partial charge in [-0.2, -0.15) is 0 Å². The Balaban J connectivity index is 1.11. The van der Waals surface area contributed by atoms with Gasteiger partial charge in [0.2, 0.25) is 0 Å². The molecular formula is C70H60BN3OS. The van der Waals surface area contributed by atoms with Crippen LogP contribution in [0.15, 0.2) is 150 Å². The lowest BCUT2D eigenvalue weighted by molar-refractivity contribution is 0.590. The number of thiophene rings is 1. The molecule has 0 spiro atoms. The Labute approximate surface area is 448 Å². The third kappa shape index (κ3) is 5.76. The van der Waals surface area contributed by atoms with Gasteiger partial charge in [-0.15, -0.1) is 11.3 Å². The zero-order valence-corrected chi connectivity index (χ0v) is 46.4. The molecule has 1 aliphatic carbocycles. The van der Waals surface area contributed by atoms with Crippen molar-refractivity contribution < 1.29 is 4.42 Å². The molecule has 0 radical (unpaired) electrons. The summed E-state index contributed by atoms with van der Waals surface area (Å²) in [6.07, 6.45) is 0. The van der Waals surface area contributed by atoms with Crippen LogP contribution in [0.4, 0.5) is 17.1 Å². The summed E-state index contributed by atoms with van der Waals surface area (Å²) in [5, 5.41) is 11.5. The van der Waals surface area contributed by atoms with Crippen molar-refractivity contribution in [3.8, 4) is 22.5 Å². The Morgan fingerprint density at radius 3 is 1.75 bits per heavy atom. The third-order valence-corrected chi connectivity index (χ3v) is 19.0. The van der Waals surface area contributed by atoms with Crippen LogP contribution in [0.5, 0.6) is 0 Å². The molecule has 4 nitrogen and oxygen atoms in total. The molecule has 9 aromatic carbocycles. The highest BCUT2D eigenvalue weighted by atomic mass is 32.1. The van der Waals surface area contributed by atoms with E-state index in [-0.39, 0.29) is 28.4 Å². The Morgan fingerprint density at radius 1 is 0.434 bits per heavy atom. The zero-order valence-electron chi connectivity index (χ0n) is 45.6. The van der Waals surface area contributed by atoms with Crippen LogP contribution in [0.25, 0.3) is 109 Å². The number of fused-ring (bicyclic) bond motifs is 10. The molecule has 0 fully saturated rings. The first-order valence-corrected chi connectivity index (χ1v) is 28.2. The molecule has 6 heteroatoms. The fourth-order valence-corrected chi connectivity index (χ4v) is 15.2. The van der Waals surface area contributed by atoms with Crippen molar-refractivity contribution in [2.75, 3.05) is 4.90 Å². The molecule has 0 saturated carbocycles. The molecule has 4 aromatic heterocycles. The fourth-order valence-electron chi connectivity index (χ4n) is 13.9. The third-order valence-electron chi connectivity index (χ3n) is 17.8. The van der Waals surface area contributed by atoms with Crippen LogP contribution in [0.3, 0.4) is 0 Å². The standard InChI is InChI=1S/C70H60BN3OS/c1-67(2,3)38-20-24-42(25-21-38)73-53-35-43(72-51-26-19-37-15-13-16-44-45-17-14-18-55-59(45)62-56(75-55)29-28-52(72)61(62)60(51)58(37)44)36-54-63(53)71(66-65(73)48-32-40(69(7,8)9)23-30-57(48)76-66)49-34-41(70(10,11)12)33-47-46-31-39(68(4,5)6)22-27-50(46)74(54)64(47)49/h13-36H,1-12H3. The van der Waals surface area contributed by atoms with Crippen LogP contribution < -0.4 is 20.6 Å². The lowest BCUT2D eigenvalue weighted by Gasteiger charge is -2.40. The summed E-state index contributed by atoms with van der Waals surface area (Å²) in [5.41, 5.74) is 23.4. The van der Waals surface area contributed by atoms with E-state index < -0.39 is 0 Å². The molecule has 2 aliphatic heterocycles. The van der Waals surface area contributed by atoms with Gasteiger partial charge in [-0.1, -0.05) is 150 Å². The van der Waals surface area contributed by atoms with E-state index >= 15 is 0 Å². The van der Waals surface area contributed by atoms with Gasteiger partial charge in [0.15, 0.2) is 0 Å². The number of anilines is 3. The van der Waals surface area contributed by atoms with E-state index in [9.17, 15) is 0 Å². The second-order valence-corrected chi connectivity index (χ2v) is 27.7. The predicted octanol–water partition coefficient (Wildman–Crippen LogP) is 17.9. The van der Waals surface area contributed by atoms with Gasteiger partial charge >= 0.3 is 0 Å². The molecule has 0 saturated heterocycles. The highest BCUT2D eigenvalue weighted by molar-refractivity contribution is 7.33. The fraction of sp³-hybridized carbons (Fsp3) is 0.229. The lowest BCUT2D eigenvalue weighted by atomic mass is 9.36. The summed E-state index contributed by atoms with van der Waals surface area (Å²) < 4.78 is 14.8. The van der Waals surface area contributed by atoms with Gasteiger partial charge in [-0.25, -0.2) is 0 Å². The summed E-state index contributed by atoms with van der Waals surface area (Å²) in [4.78, 5) is 2.67. The topological polar surface area (TPSA) is 26.2 Å². The molecule has 0 atom stereocenters. The Bertz CT molecular complexity index is 4790. The van der Waals surface area contributed by atoms with Gasteiger partial charge in [0.05, 0.1) is 27.9 Å². The van der Waals surface area contributed by atoms with Gasteiger partial charge in [0.1, 0.15) is 11.2 Å². The van der Waals surface area contributed by atoms with E-state index in [1.54, 1.807) is 0 Å². The minimum absolute atomic E-state index is 0.00424. The number of aromatic nitrogens is 2. The summed E-state index contributed by atoms with van der Waals surface area (Å²) in [6, 6.07) is 57.1. The Morgan fingerprint density at radius 2 is 1.03 bits per heavy atom. The summed E-state index contributed by atoms with van der Waals surface area (Å²) in [6.45, 7) is 28.2. The highest BCUT2D eigenvalue weighted by Crippen LogP contribution is 2.53. The van der Waals surface area contributed by atoms with Crippen LogP contribution >= 0.6 is 11.3 Å². The van der Waals surface area contributed by atoms with Gasteiger partial charge < -0.3 is 18.5 Å². The molecule has 370 valence electrons. The van der Waals surface area contributed by atoms with E-state index in [0.717, 1.165) is 16.9 Å². The van der Waals surface area contributed by atoms with Crippen molar-refractivity contribution in [1.29, 1.82) is 0 Å². The van der Waals surface area contributed by atoms with Gasteiger partial charge in [-0.3, -0.25) is 0 Å². The quantitative estimate of drug-likeness (QED) is 0.161. The van der Waals surface area contributed by atoms with Crippen molar-refractivity contribution >= 4 is 137 Å². The number of nitrogens with zero attached hydrogens (tertiary/aromatic N) is 3.